The normalized spacial score (nSPS) is 12.3. The van der Waals surface area contributed by atoms with Crippen molar-refractivity contribution in [3.05, 3.63) is 69.6 Å². The van der Waals surface area contributed by atoms with E-state index in [9.17, 15) is 19.2 Å². The molecule has 0 fully saturated rings. The van der Waals surface area contributed by atoms with Gasteiger partial charge in [0, 0.05) is 51.0 Å². The van der Waals surface area contributed by atoms with Crippen LogP contribution in [0.2, 0.25) is 0 Å². The van der Waals surface area contributed by atoms with Gasteiger partial charge in [-0.15, -0.1) is 57.4 Å². The molecule has 33 heteroatoms. The molecule has 3 aromatic heterocycles. The number of thiol groups is 1. The Kier molecular flexibility index (Phi) is 45.5. The molecule has 6 aromatic rings. The number of fused-ring (bicyclic) bond motifs is 3. The molecule has 0 spiro atoms. The predicted molar refractivity (Wildman–Crippen MR) is 346 cm³/mol. The zero-order valence-corrected chi connectivity index (χ0v) is 64.0. The average Bonchev–Trinajstić information content (AvgIpc) is 1.90. The Labute approximate surface area is 638 Å². The number of halogens is 1. The first-order valence-corrected chi connectivity index (χ1v) is 31.9. The number of nitrogens with two attached hydrogens (primary N) is 2. The van der Waals surface area contributed by atoms with E-state index < -0.39 is 35.2 Å². The Balaban J connectivity index is 0. The number of nitriles is 2. The maximum absolute atomic E-state index is 11.8. The van der Waals surface area contributed by atoms with E-state index in [4.69, 9.17) is 71.8 Å². The molecular weight excluding hydrogens is 1340 g/mol. The van der Waals surface area contributed by atoms with Gasteiger partial charge in [-0.25, -0.2) is 29.3 Å². The van der Waals surface area contributed by atoms with Crippen molar-refractivity contribution in [3.8, 4) is 29.4 Å². The standard InChI is InChI=1S/C17H21N3O3S.C15H17N3O3S2.C12H13N3OS.C9H18ClNO2.C3H7NO2S.CH2O3.2K.H/c1-17(2,3)23-16(21)20(4)8-5-9-22-12-6-7-13-14(10-12)24-15(11-18)19-13;1-16-5-2-6-21-9-3-4-10-12(7-9)23-14(17-10)13-18-11(8-22-13)15(19)20;1-14-5-2-6-16-9-3-4-10-11(7-9)17-12(8-13)15-10;1-9(2,3)13-8(12)11(4)7-5-6-10;4-2(1-7)3(5)6;2-1-4-3;;;/h6-7,10H,5,8-9H2,1-4H3;3-4,7,11,16H,2,5-6,8H2,1H3,(H,19,20);3-4,7,14H,2,5-6H2,1H3;5-7H2,1-4H3;2,7H,1,4H2,(H,5,6);1,3H;;;/q;;;;;;2*+1;-1/t;11-;;;2-;;;;/m.1..1..../s1. The number of hydrogen-bond donors (Lipinski definition) is 6. The van der Waals surface area contributed by atoms with Gasteiger partial charge in [-0.1, -0.05) is 0 Å². The average molecular weight is 1420 g/mol. The topological polar surface area (TPSA) is 364 Å². The molecule has 0 radical (unpaired) electrons. The van der Waals surface area contributed by atoms with Gasteiger partial charge < -0.3 is 71.6 Å². The van der Waals surface area contributed by atoms with Crippen LogP contribution in [-0.4, -0.2) is 185 Å². The van der Waals surface area contributed by atoms with E-state index in [1.54, 1.807) is 19.0 Å². The van der Waals surface area contributed by atoms with Crippen molar-refractivity contribution in [1.82, 2.24) is 30.1 Å². The summed E-state index contributed by atoms with van der Waals surface area (Å²) in [5.74, 6) is 1.74. The zero-order valence-electron chi connectivity index (χ0n) is 53.8. The van der Waals surface area contributed by atoms with Gasteiger partial charge >= 0.3 is 127 Å². The van der Waals surface area contributed by atoms with Crippen LogP contribution in [0.25, 0.3) is 30.6 Å². The first-order valence-electron chi connectivity index (χ1n) is 27.3. The van der Waals surface area contributed by atoms with E-state index in [0.29, 0.717) is 54.4 Å². The van der Waals surface area contributed by atoms with Crippen LogP contribution in [0.1, 0.15) is 83.7 Å². The van der Waals surface area contributed by atoms with Crippen molar-refractivity contribution < 1.29 is 178 Å². The number of benzene rings is 3. The van der Waals surface area contributed by atoms with Gasteiger partial charge in [0.15, 0.2) is 16.1 Å². The van der Waals surface area contributed by atoms with Crippen LogP contribution < -0.4 is 139 Å². The Morgan fingerprint density at radius 1 is 0.800 bits per heavy atom. The van der Waals surface area contributed by atoms with E-state index >= 15 is 0 Å². The molecule has 7 N–H and O–H groups in total. The summed E-state index contributed by atoms with van der Waals surface area (Å²) in [4.78, 5) is 75.4. The Hall–Kier alpha value is -3.57. The summed E-state index contributed by atoms with van der Waals surface area (Å²) in [5, 5.41) is 50.8. The fourth-order valence-electron chi connectivity index (χ4n) is 6.43. The molecule has 3 aromatic carbocycles. The van der Waals surface area contributed by atoms with Gasteiger partial charge in [0.05, 0.1) is 64.1 Å². The first-order chi connectivity index (χ1) is 41.7. The Bertz CT molecular complexity index is 3250. The third-order valence-electron chi connectivity index (χ3n) is 10.6. The van der Waals surface area contributed by atoms with Crippen LogP contribution in [0.4, 0.5) is 9.59 Å². The number of aromatic nitrogens is 3. The minimum absolute atomic E-state index is 0. The number of quaternary nitrogens is 1. The summed E-state index contributed by atoms with van der Waals surface area (Å²) in [6.45, 7) is 16.0. The SMILES string of the molecule is CN(CCCCl)C(=O)OC(C)(C)C.CN(CCCOc1ccc2nc(C#N)sc2c1)C(=O)OC(C)(C)C.CNCCCOc1ccc2nc(C3=N[C@@H](C(=O)O)CS3)sc2c1.C[NH2+]CCCOc1ccc2nc(C#N)sc2c1.N[C@H](CS)C(=O)O.O=CO[O-].[H-].[K+].[K+]. The fourth-order valence-corrected chi connectivity index (χ4v) is 10.4. The number of thioether (sulfide) groups is 1. The summed E-state index contributed by atoms with van der Waals surface area (Å²) < 4.78 is 30.4. The molecule has 25 nitrogen and oxygen atoms in total. The number of nitrogens with one attached hydrogen (secondary N) is 1. The number of aliphatic carboxylic acids is 2. The number of carboxylic acids is 2. The van der Waals surface area contributed by atoms with E-state index in [-0.39, 0.29) is 129 Å². The van der Waals surface area contributed by atoms with Crippen LogP contribution in [0.15, 0.2) is 59.6 Å². The molecule has 90 heavy (non-hydrogen) atoms. The van der Waals surface area contributed by atoms with Gasteiger partial charge in [-0.05, 0) is 129 Å². The minimum Gasteiger partial charge on any atom is -1.00 e. The Morgan fingerprint density at radius 3 is 1.60 bits per heavy atom. The molecule has 0 bridgehead atoms. The van der Waals surface area contributed by atoms with Crippen LogP contribution in [0.5, 0.6) is 17.2 Å². The van der Waals surface area contributed by atoms with Crippen LogP contribution in [0, 0.1) is 22.7 Å². The minimum atomic E-state index is -1.00. The summed E-state index contributed by atoms with van der Waals surface area (Å²) in [5.41, 5.74) is 6.57. The second kappa shape index (κ2) is 47.3. The van der Waals surface area contributed by atoms with Crippen molar-refractivity contribution in [3.63, 3.8) is 0 Å². The van der Waals surface area contributed by atoms with E-state index in [2.05, 4.69) is 54.2 Å². The molecular formula is C57H79ClK2N11O14S5+. The fraction of sp³-hybridized carbons (Fsp3) is 0.491. The van der Waals surface area contributed by atoms with Gasteiger partial charge in [-0.2, -0.15) is 23.2 Å². The number of carboxylic acid groups (broad SMARTS) is 2. The third-order valence-corrected chi connectivity index (χ3v) is 15.3. The van der Waals surface area contributed by atoms with Gasteiger partial charge in [0.2, 0.25) is 0 Å². The van der Waals surface area contributed by atoms with Gasteiger partial charge in [0.1, 0.15) is 56.7 Å². The second-order valence-corrected chi connectivity index (χ2v) is 25.2. The molecule has 2 atom stereocenters. The summed E-state index contributed by atoms with van der Waals surface area (Å²) >= 11 is 14.9. The third kappa shape index (κ3) is 35.6. The van der Waals surface area contributed by atoms with Crippen LogP contribution >= 0.6 is 70.0 Å². The molecule has 0 saturated heterocycles. The number of alkyl halides is 1. The monoisotopic (exact) mass is 1410 g/mol. The van der Waals surface area contributed by atoms with Crippen molar-refractivity contribution in [2.75, 3.05) is 91.6 Å². The maximum atomic E-state index is 11.8. The van der Waals surface area contributed by atoms with Crippen LogP contribution in [-0.2, 0) is 28.7 Å². The molecule has 4 heterocycles. The van der Waals surface area contributed by atoms with E-state index in [1.807, 2.05) is 116 Å². The molecule has 0 aliphatic carbocycles. The quantitative estimate of drug-likeness (QED) is 0.0101. The van der Waals surface area contributed by atoms with Crippen molar-refractivity contribution in [1.29, 1.82) is 10.5 Å². The number of carbonyl (C=O) groups excluding carboxylic acids is 3. The van der Waals surface area contributed by atoms with Crippen LogP contribution in [0.3, 0.4) is 0 Å². The smallest absolute Gasteiger partial charge is 1.00 e. The summed E-state index contributed by atoms with van der Waals surface area (Å²) in [7, 11) is 7.39. The van der Waals surface area contributed by atoms with E-state index in [0.717, 1.165) is 96.9 Å². The molecule has 2 amide bonds. The molecule has 1 aliphatic rings. The number of rotatable bonds is 23. The molecule has 0 saturated carbocycles. The second-order valence-electron chi connectivity index (χ2n) is 20.3. The molecule has 0 unspecified atom stereocenters. The van der Waals surface area contributed by atoms with Gasteiger partial charge in [-0.3, -0.25) is 14.6 Å². The maximum Gasteiger partial charge on any atom is 1.00 e. The predicted octanol–water partition coefficient (Wildman–Crippen LogP) is 1.53. The van der Waals surface area contributed by atoms with Gasteiger partial charge in [0.25, 0.3) is 6.47 Å². The first kappa shape index (κ1) is 86.4. The van der Waals surface area contributed by atoms with E-state index in [1.165, 1.54) is 50.7 Å². The number of hydrogen-bond acceptors (Lipinski definition) is 25. The zero-order chi connectivity index (χ0) is 65.8. The number of carbonyl (C=O) groups is 5. The number of ether oxygens (including phenoxy) is 5. The summed E-state index contributed by atoms with van der Waals surface area (Å²) in [6.07, 6.45) is 2.83. The number of amides is 2. The van der Waals surface area contributed by atoms with Crippen molar-refractivity contribution in [2.45, 2.75) is 90.5 Å². The number of thiazole rings is 3. The molecule has 7 rings (SSSR count). The number of aliphatic imine (C=N–C) groups is 1. The van der Waals surface area contributed by atoms with Crippen molar-refractivity contribution in [2.24, 2.45) is 10.7 Å². The largest absolute Gasteiger partial charge is 1.00 e. The number of nitrogens with zero attached hydrogens (tertiary/aromatic N) is 8. The van der Waals surface area contributed by atoms with Crippen molar-refractivity contribution >= 4 is 136 Å². The molecule has 1 aliphatic heterocycles. The molecule has 484 valence electrons. The Morgan fingerprint density at radius 2 is 1.23 bits per heavy atom. The summed E-state index contributed by atoms with van der Waals surface area (Å²) in [6, 6.07) is 19.7.